The fourth-order valence-electron chi connectivity index (χ4n) is 3.32. The van der Waals surface area contributed by atoms with Crippen molar-refractivity contribution in [1.29, 1.82) is 0 Å². The highest BCUT2D eigenvalue weighted by Gasteiger charge is 2.33. The molecule has 1 aromatic rings. The van der Waals surface area contributed by atoms with E-state index >= 15 is 0 Å². The third-order valence-electron chi connectivity index (χ3n) is 4.72. The van der Waals surface area contributed by atoms with Gasteiger partial charge in [0.1, 0.15) is 11.8 Å². The van der Waals surface area contributed by atoms with Crippen LogP contribution in [0.5, 0.6) is 0 Å². The summed E-state index contributed by atoms with van der Waals surface area (Å²) < 4.78 is 12.3. The van der Waals surface area contributed by atoms with E-state index < -0.39 is 11.9 Å². The molecule has 0 N–H and O–H groups in total. The second-order valence-corrected chi connectivity index (χ2v) is 6.93. The van der Waals surface area contributed by atoms with Gasteiger partial charge in [0.2, 0.25) is 0 Å². The fraction of sp³-hybridized carbons (Fsp3) is 0.667. The summed E-state index contributed by atoms with van der Waals surface area (Å²) in [5.41, 5.74) is 0.421. The number of nitrogens with zero attached hydrogens (tertiary/aromatic N) is 1. The third kappa shape index (κ3) is 4.60. The number of hydrogen-bond acceptors (Lipinski definition) is 4. The van der Waals surface area contributed by atoms with Crippen LogP contribution in [0.15, 0.2) is 18.3 Å². The summed E-state index contributed by atoms with van der Waals surface area (Å²) in [7, 11) is 1.76. The number of aromatic nitrogens is 1. The largest absolute Gasteiger partial charge is 0.460 e. The van der Waals surface area contributed by atoms with Crippen LogP contribution in [-0.2, 0) is 21.3 Å². The molecule has 0 spiro atoms. The Kier molecular flexibility index (Phi) is 5.85. The highest BCUT2D eigenvalue weighted by molar-refractivity contribution is 5.89. The summed E-state index contributed by atoms with van der Waals surface area (Å²) in [5, 5.41) is 0. The Labute approximate surface area is 138 Å². The molecule has 3 atom stereocenters. The number of hydrogen-bond donors (Lipinski definition) is 0. The van der Waals surface area contributed by atoms with Crippen molar-refractivity contribution in [3.8, 4) is 0 Å². The molecule has 1 saturated carbocycles. The van der Waals surface area contributed by atoms with Crippen LogP contribution in [0.3, 0.4) is 0 Å². The van der Waals surface area contributed by atoms with Crippen LogP contribution < -0.4 is 0 Å². The highest BCUT2D eigenvalue weighted by atomic mass is 16.6. The molecule has 0 aliphatic heterocycles. The molecule has 0 unspecified atom stereocenters. The molecule has 0 saturated heterocycles. The van der Waals surface area contributed by atoms with E-state index in [1.165, 1.54) is 6.42 Å². The van der Waals surface area contributed by atoms with Crippen molar-refractivity contribution in [2.75, 3.05) is 6.61 Å². The van der Waals surface area contributed by atoms with Gasteiger partial charge >= 0.3 is 11.9 Å². The van der Waals surface area contributed by atoms with Gasteiger partial charge in [0, 0.05) is 13.2 Å². The van der Waals surface area contributed by atoms with E-state index in [2.05, 4.69) is 20.8 Å². The zero-order valence-corrected chi connectivity index (χ0v) is 14.5. The van der Waals surface area contributed by atoms with Crippen LogP contribution in [0, 0.1) is 17.8 Å². The lowest BCUT2D eigenvalue weighted by atomic mass is 9.75. The van der Waals surface area contributed by atoms with Gasteiger partial charge in [0.05, 0.1) is 0 Å². The summed E-state index contributed by atoms with van der Waals surface area (Å²) >= 11 is 0. The van der Waals surface area contributed by atoms with Gasteiger partial charge in [-0.1, -0.05) is 27.2 Å². The molecule has 128 valence electrons. The number of aryl methyl sites for hydroxylation is 1. The van der Waals surface area contributed by atoms with E-state index in [-0.39, 0.29) is 12.7 Å². The van der Waals surface area contributed by atoms with Crippen molar-refractivity contribution in [2.45, 2.75) is 46.1 Å². The number of carbonyl (C=O) groups excluding carboxylic acids is 2. The Morgan fingerprint density at radius 2 is 2.09 bits per heavy atom. The Balaban J connectivity index is 1.85. The van der Waals surface area contributed by atoms with Crippen LogP contribution in [0.2, 0.25) is 0 Å². The first-order valence-electron chi connectivity index (χ1n) is 8.36. The number of ether oxygens (including phenoxy) is 2. The SMILES string of the molecule is CC(C)[C@@H]1CC[C@@H](C)C[C@H]1OC(=O)COC(=O)c1cccn1C. The van der Waals surface area contributed by atoms with Gasteiger partial charge in [0.25, 0.3) is 0 Å². The average molecular weight is 321 g/mol. The standard InChI is InChI=1S/C18H27NO4/c1-12(2)14-8-7-13(3)10-16(14)23-17(20)11-22-18(21)15-6-5-9-19(15)4/h5-6,9,12-14,16H,7-8,10-11H2,1-4H3/t13-,14+,16-/m1/s1. The van der Waals surface area contributed by atoms with Crippen molar-refractivity contribution in [3.63, 3.8) is 0 Å². The molecule has 23 heavy (non-hydrogen) atoms. The van der Waals surface area contributed by atoms with Gasteiger partial charge in [0.15, 0.2) is 6.61 Å². The summed E-state index contributed by atoms with van der Waals surface area (Å²) in [6, 6.07) is 3.41. The molecule has 0 bridgehead atoms. The van der Waals surface area contributed by atoms with Crippen LogP contribution in [-0.4, -0.2) is 29.2 Å². The normalized spacial score (nSPS) is 24.5. The molecule has 0 aromatic carbocycles. The molecule has 0 radical (unpaired) electrons. The quantitative estimate of drug-likeness (QED) is 0.782. The second-order valence-electron chi connectivity index (χ2n) is 6.93. The van der Waals surface area contributed by atoms with Crippen LogP contribution in [0.4, 0.5) is 0 Å². The Morgan fingerprint density at radius 3 is 2.70 bits per heavy atom. The molecular formula is C18H27NO4. The Hall–Kier alpha value is -1.78. The lowest BCUT2D eigenvalue weighted by molar-refractivity contribution is -0.159. The van der Waals surface area contributed by atoms with E-state index in [1.54, 1.807) is 29.9 Å². The second kappa shape index (κ2) is 7.66. The van der Waals surface area contributed by atoms with Crippen molar-refractivity contribution in [2.24, 2.45) is 24.8 Å². The van der Waals surface area contributed by atoms with Gasteiger partial charge in [-0.3, -0.25) is 0 Å². The summed E-state index contributed by atoms with van der Waals surface area (Å²) in [5.74, 6) is 0.461. The van der Waals surface area contributed by atoms with E-state index in [0.717, 1.165) is 12.8 Å². The predicted molar refractivity (Wildman–Crippen MR) is 86.9 cm³/mol. The van der Waals surface area contributed by atoms with Gasteiger partial charge in [-0.2, -0.15) is 0 Å². The molecule has 5 heteroatoms. The van der Waals surface area contributed by atoms with Crippen LogP contribution in [0.25, 0.3) is 0 Å². The number of rotatable bonds is 5. The average Bonchev–Trinajstić information content (AvgIpc) is 2.90. The maximum atomic E-state index is 12.0. The van der Waals surface area contributed by atoms with E-state index in [1.807, 2.05) is 0 Å². The third-order valence-corrected chi connectivity index (χ3v) is 4.72. The van der Waals surface area contributed by atoms with Gasteiger partial charge in [-0.25, -0.2) is 9.59 Å². The number of carbonyl (C=O) groups is 2. The molecule has 0 amide bonds. The molecule has 1 aliphatic rings. The summed E-state index contributed by atoms with van der Waals surface area (Å²) in [4.78, 5) is 23.9. The zero-order chi connectivity index (χ0) is 17.0. The minimum absolute atomic E-state index is 0.0695. The first-order valence-corrected chi connectivity index (χ1v) is 8.36. The minimum Gasteiger partial charge on any atom is -0.460 e. The monoisotopic (exact) mass is 321 g/mol. The first kappa shape index (κ1) is 17.6. The summed E-state index contributed by atoms with van der Waals surface area (Å²) in [6.07, 6.45) is 4.84. The molecule has 1 heterocycles. The Morgan fingerprint density at radius 1 is 1.35 bits per heavy atom. The molecule has 2 rings (SSSR count). The fourth-order valence-corrected chi connectivity index (χ4v) is 3.32. The van der Waals surface area contributed by atoms with Gasteiger partial charge in [-0.15, -0.1) is 0 Å². The van der Waals surface area contributed by atoms with Crippen molar-refractivity contribution in [3.05, 3.63) is 24.0 Å². The smallest absolute Gasteiger partial charge is 0.355 e. The predicted octanol–water partition coefficient (Wildman–Crippen LogP) is 3.19. The molecule has 1 aliphatic carbocycles. The maximum absolute atomic E-state index is 12.0. The topological polar surface area (TPSA) is 57.5 Å². The van der Waals surface area contributed by atoms with E-state index in [9.17, 15) is 9.59 Å². The zero-order valence-electron chi connectivity index (χ0n) is 14.5. The van der Waals surface area contributed by atoms with Gasteiger partial charge < -0.3 is 14.0 Å². The number of esters is 2. The van der Waals surface area contributed by atoms with Crippen LogP contribution in [0.1, 0.15) is 50.5 Å². The molecule has 5 nitrogen and oxygen atoms in total. The van der Waals surface area contributed by atoms with Crippen molar-refractivity contribution < 1.29 is 19.1 Å². The lowest BCUT2D eigenvalue weighted by Crippen LogP contribution is -2.36. The van der Waals surface area contributed by atoms with Crippen molar-refractivity contribution in [1.82, 2.24) is 4.57 Å². The summed E-state index contributed by atoms with van der Waals surface area (Å²) in [6.45, 7) is 6.18. The Bertz CT molecular complexity index is 549. The molecule has 1 fully saturated rings. The van der Waals surface area contributed by atoms with E-state index in [4.69, 9.17) is 9.47 Å². The highest BCUT2D eigenvalue weighted by Crippen LogP contribution is 2.35. The van der Waals surface area contributed by atoms with Gasteiger partial charge in [-0.05, 0) is 42.7 Å². The first-order chi connectivity index (χ1) is 10.9. The lowest BCUT2D eigenvalue weighted by Gasteiger charge is -2.36. The molecular weight excluding hydrogens is 294 g/mol. The molecule has 1 aromatic heterocycles. The maximum Gasteiger partial charge on any atom is 0.355 e. The van der Waals surface area contributed by atoms with E-state index in [0.29, 0.717) is 23.4 Å². The minimum atomic E-state index is -0.508. The van der Waals surface area contributed by atoms with Crippen LogP contribution >= 0.6 is 0 Å². The van der Waals surface area contributed by atoms with Crippen molar-refractivity contribution >= 4 is 11.9 Å².